The Morgan fingerprint density at radius 3 is 2.91 bits per heavy atom. The van der Waals surface area contributed by atoms with Gasteiger partial charge in [0.2, 0.25) is 0 Å². The van der Waals surface area contributed by atoms with Crippen LogP contribution in [-0.4, -0.2) is 17.6 Å². The number of ether oxygens (including phenoxy) is 1. The molecule has 118 valence electrons. The average Bonchev–Trinajstić information content (AvgIpc) is 2.76. The van der Waals surface area contributed by atoms with Crippen molar-refractivity contribution < 1.29 is 9.53 Å². The highest BCUT2D eigenvalue weighted by Gasteiger charge is 2.50. The van der Waals surface area contributed by atoms with Gasteiger partial charge in [-0.05, 0) is 26.8 Å². The highest BCUT2D eigenvalue weighted by molar-refractivity contribution is 7.80. The van der Waals surface area contributed by atoms with E-state index in [-0.39, 0.29) is 6.61 Å². The van der Waals surface area contributed by atoms with Crippen LogP contribution in [0.4, 0.5) is 0 Å². The molecular formula is C18H18N2O2S. The number of nitrogens with one attached hydrogen (secondary N) is 1. The molecule has 0 aromatic carbocycles. The van der Waals surface area contributed by atoms with Crippen molar-refractivity contribution in [1.29, 1.82) is 5.26 Å². The van der Waals surface area contributed by atoms with Crippen LogP contribution in [0.3, 0.4) is 0 Å². The lowest BCUT2D eigenvalue weighted by Crippen LogP contribution is -2.48. The summed E-state index contributed by atoms with van der Waals surface area (Å²) >= 11 is 5.35. The van der Waals surface area contributed by atoms with E-state index in [9.17, 15) is 10.1 Å². The first-order valence-electron chi connectivity index (χ1n) is 7.36. The summed E-state index contributed by atoms with van der Waals surface area (Å²) in [6, 6.07) is 2.23. The Balaban J connectivity index is 2.72. The largest absolute Gasteiger partial charge is 0.463 e. The second-order valence-electron chi connectivity index (χ2n) is 5.44. The summed E-state index contributed by atoms with van der Waals surface area (Å²) in [5.41, 5.74) is 3.99. The predicted octanol–water partition coefficient (Wildman–Crippen LogP) is 3.11. The maximum absolute atomic E-state index is 12.6. The summed E-state index contributed by atoms with van der Waals surface area (Å²) < 4.78 is 5.22. The molecule has 0 fully saturated rings. The molecule has 5 heteroatoms. The molecule has 0 aromatic rings. The third-order valence-electron chi connectivity index (χ3n) is 4.03. The zero-order valence-electron chi connectivity index (χ0n) is 13.3. The van der Waals surface area contributed by atoms with Crippen molar-refractivity contribution in [3.63, 3.8) is 0 Å². The molecule has 0 bridgehead atoms. The summed E-state index contributed by atoms with van der Waals surface area (Å²) in [6.45, 7) is 5.63. The van der Waals surface area contributed by atoms with Gasteiger partial charge in [0.15, 0.2) is 0 Å². The van der Waals surface area contributed by atoms with Gasteiger partial charge in [-0.2, -0.15) is 5.26 Å². The molecule has 0 saturated carbocycles. The van der Waals surface area contributed by atoms with Crippen LogP contribution in [0.1, 0.15) is 20.8 Å². The Kier molecular flexibility index (Phi) is 5.00. The van der Waals surface area contributed by atoms with Gasteiger partial charge in [-0.25, -0.2) is 4.79 Å². The third kappa shape index (κ3) is 2.92. The van der Waals surface area contributed by atoms with E-state index in [0.29, 0.717) is 16.3 Å². The number of esters is 1. The lowest BCUT2D eigenvalue weighted by Gasteiger charge is -2.40. The summed E-state index contributed by atoms with van der Waals surface area (Å²) in [6.07, 6.45) is 9.18. The van der Waals surface area contributed by atoms with Crippen molar-refractivity contribution in [3.05, 3.63) is 53.0 Å². The molecule has 2 rings (SSSR count). The molecule has 23 heavy (non-hydrogen) atoms. The lowest BCUT2D eigenvalue weighted by molar-refractivity contribution is -0.139. The van der Waals surface area contributed by atoms with Gasteiger partial charge in [-0.15, -0.1) is 5.73 Å². The van der Waals surface area contributed by atoms with Crippen molar-refractivity contribution in [2.24, 2.45) is 11.3 Å². The Hall–Kier alpha value is -2.41. The van der Waals surface area contributed by atoms with Crippen molar-refractivity contribution >= 4 is 23.2 Å². The smallest absolute Gasteiger partial charge is 0.336 e. The fourth-order valence-corrected chi connectivity index (χ4v) is 3.38. The molecule has 0 radical (unpaired) electrons. The molecule has 1 N–H and O–H groups in total. The molecule has 1 heterocycles. The molecule has 0 spiro atoms. The molecule has 2 unspecified atom stereocenters. The normalized spacial score (nSPS) is 26.3. The number of carbonyl (C=O) groups is 1. The van der Waals surface area contributed by atoms with Gasteiger partial charge >= 0.3 is 5.97 Å². The van der Waals surface area contributed by atoms with E-state index >= 15 is 0 Å². The monoisotopic (exact) mass is 326 g/mol. The molecule has 0 amide bonds. The molecule has 2 atom stereocenters. The van der Waals surface area contributed by atoms with E-state index in [1.54, 1.807) is 19.9 Å². The van der Waals surface area contributed by atoms with Gasteiger partial charge in [-0.3, -0.25) is 0 Å². The number of nitriles is 1. The first-order chi connectivity index (χ1) is 11.0. The minimum absolute atomic E-state index is 0.264. The molecular weight excluding hydrogens is 308 g/mol. The quantitative estimate of drug-likeness (QED) is 0.490. The molecule has 2 aliphatic rings. The highest BCUT2D eigenvalue weighted by atomic mass is 32.1. The summed E-state index contributed by atoms with van der Waals surface area (Å²) in [4.78, 5) is 13.0. The predicted molar refractivity (Wildman–Crippen MR) is 92.2 cm³/mol. The van der Waals surface area contributed by atoms with Crippen LogP contribution in [0.25, 0.3) is 0 Å². The average molecular weight is 326 g/mol. The topological polar surface area (TPSA) is 62.1 Å². The molecule has 1 aliphatic carbocycles. The maximum atomic E-state index is 12.6. The van der Waals surface area contributed by atoms with Crippen molar-refractivity contribution in [2.75, 3.05) is 6.61 Å². The standard InChI is InChI=1S/C18H18N2O2S/c1-4-22-17(21)15-12(2)20-16(23)14(11-19)18(15,3)13-9-7-5-6-8-10-13/h5-9,14H,4H2,1-3H3,(H,20,23). The number of hydrogen-bond acceptors (Lipinski definition) is 4. The molecule has 4 nitrogen and oxygen atoms in total. The van der Waals surface area contributed by atoms with Gasteiger partial charge in [0.1, 0.15) is 5.92 Å². The molecule has 0 saturated heterocycles. The van der Waals surface area contributed by atoms with Crippen LogP contribution in [0.15, 0.2) is 53.0 Å². The number of carbonyl (C=O) groups excluding carboxylic acids is 1. The van der Waals surface area contributed by atoms with E-state index in [1.165, 1.54) is 0 Å². The van der Waals surface area contributed by atoms with Crippen molar-refractivity contribution in [2.45, 2.75) is 20.8 Å². The van der Waals surface area contributed by atoms with Gasteiger partial charge in [-0.1, -0.05) is 36.5 Å². The third-order valence-corrected chi connectivity index (χ3v) is 4.37. The van der Waals surface area contributed by atoms with Crippen molar-refractivity contribution in [3.8, 4) is 6.07 Å². The Labute approximate surface area is 141 Å². The SMILES string of the molecule is CCOC(=O)C1=C(C)NC(=S)C(C#N)C1(C)C1=C=CC=CC=C1. The van der Waals surface area contributed by atoms with E-state index < -0.39 is 17.3 Å². The van der Waals surface area contributed by atoms with E-state index in [2.05, 4.69) is 17.1 Å². The van der Waals surface area contributed by atoms with Crippen LogP contribution in [0, 0.1) is 22.7 Å². The zero-order chi connectivity index (χ0) is 17.0. The lowest BCUT2D eigenvalue weighted by atomic mass is 9.64. The number of nitrogens with zero attached hydrogens (tertiary/aromatic N) is 1. The number of rotatable bonds is 3. The summed E-state index contributed by atoms with van der Waals surface area (Å²) in [5.74, 6) is -1.12. The van der Waals surface area contributed by atoms with Crippen LogP contribution in [-0.2, 0) is 9.53 Å². The van der Waals surface area contributed by atoms with Crippen molar-refractivity contribution in [1.82, 2.24) is 5.32 Å². The number of hydrogen-bond donors (Lipinski definition) is 1. The van der Waals surface area contributed by atoms with Crippen LogP contribution >= 0.6 is 12.2 Å². The Morgan fingerprint density at radius 1 is 1.52 bits per heavy atom. The first-order valence-corrected chi connectivity index (χ1v) is 7.77. The Morgan fingerprint density at radius 2 is 2.26 bits per heavy atom. The minimum atomic E-state index is -0.924. The van der Waals surface area contributed by atoms with Crippen LogP contribution in [0.2, 0.25) is 0 Å². The maximum Gasteiger partial charge on any atom is 0.336 e. The highest BCUT2D eigenvalue weighted by Crippen LogP contribution is 2.47. The molecule has 0 aromatic heterocycles. The number of thiocarbonyl (C=S) groups is 1. The van der Waals surface area contributed by atoms with Crippen LogP contribution < -0.4 is 5.32 Å². The van der Waals surface area contributed by atoms with E-state index in [0.717, 1.165) is 5.57 Å². The Bertz CT molecular complexity index is 745. The minimum Gasteiger partial charge on any atom is -0.463 e. The zero-order valence-corrected chi connectivity index (χ0v) is 14.2. The first kappa shape index (κ1) is 17.0. The fraction of sp³-hybridized carbons (Fsp3) is 0.333. The number of allylic oxidation sites excluding steroid dienone is 6. The summed E-state index contributed by atoms with van der Waals surface area (Å²) in [7, 11) is 0. The fourth-order valence-electron chi connectivity index (χ4n) is 2.94. The van der Waals surface area contributed by atoms with E-state index in [1.807, 2.05) is 31.2 Å². The second-order valence-corrected chi connectivity index (χ2v) is 5.88. The van der Waals surface area contributed by atoms with Gasteiger partial charge in [0, 0.05) is 11.3 Å². The molecule has 1 aliphatic heterocycles. The van der Waals surface area contributed by atoms with Gasteiger partial charge in [0.25, 0.3) is 0 Å². The van der Waals surface area contributed by atoms with Gasteiger partial charge < -0.3 is 10.1 Å². The second kappa shape index (κ2) is 6.78. The van der Waals surface area contributed by atoms with Gasteiger partial charge in [0.05, 0.1) is 28.7 Å². The summed E-state index contributed by atoms with van der Waals surface area (Å²) in [5, 5.41) is 12.6. The van der Waals surface area contributed by atoms with Crippen LogP contribution in [0.5, 0.6) is 0 Å². The van der Waals surface area contributed by atoms with E-state index in [4.69, 9.17) is 17.0 Å².